The van der Waals surface area contributed by atoms with E-state index in [4.69, 9.17) is 4.42 Å². The lowest BCUT2D eigenvalue weighted by Gasteiger charge is -2.12. The van der Waals surface area contributed by atoms with E-state index in [9.17, 15) is 14.4 Å². The third kappa shape index (κ3) is 3.32. The molecule has 0 unspecified atom stereocenters. The van der Waals surface area contributed by atoms with E-state index in [0.717, 1.165) is 10.5 Å². The topological polar surface area (TPSA) is 105 Å². The van der Waals surface area contributed by atoms with E-state index in [-0.39, 0.29) is 6.01 Å². The number of carbonyl (C=O) groups is 3. The second-order valence-electron chi connectivity index (χ2n) is 5.95. The molecule has 0 fully saturated rings. The summed E-state index contributed by atoms with van der Waals surface area (Å²) in [5.74, 6) is -1.25. The first-order valence-corrected chi connectivity index (χ1v) is 8.23. The number of nitrogens with zero attached hydrogens (tertiary/aromatic N) is 3. The lowest BCUT2D eigenvalue weighted by Crippen LogP contribution is -2.37. The van der Waals surface area contributed by atoms with Crippen LogP contribution in [0.25, 0.3) is 0 Å². The number of rotatable bonds is 5. The quantitative estimate of drug-likeness (QED) is 0.695. The van der Waals surface area contributed by atoms with Gasteiger partial charge in [-0.2, -0.15) is 0 Å². The molecule has 0 spiro atoms. The van der Waals surface area contributed by atoms with Crippen LogP contribution in [0, 0.1) is 0 Å². The van der Waals surface area contributed by atoms with Gasteiger partial charge in [0, 0.05) is 0 Å². The summed E-state index contributed by atoms with van der Waals surface area (Å²) < 4.78 is 5.40. The Labute approximate surface area is 153 Å². The number of benzene rings is 2. The van der Waals surface area contributed by atoms with Crippen LogP contribution in [0.2, 0.25) is 0 Å². The summed E-state index contributed by atoms with van der Waals surface area (Å²) in [6.45, 7) is -0.428. The van der Waals surface area contributed by atoms with Crippen molar-refractivity contribution in [2.75, 3.05) is 11.9 Å². The van der Waals surface area contributed by atoms with Crippen molar-refractivity contribution in [2.45, 2.75) is 6.42 Å². The Kier molecular flexibility index (Phi) is 4.21. The van der Waals surface area contributed by atoms with Gasteiger partial charge in [0.2, 0.25) is 11.8 Å². The zero-order valence-electron chi connectivity index (χ0n) is 14.1. The number of aromatic nitrogens is 2. The van der Waals surface area contributed by atoms with Gasteiger partial charge in [-0.25, -0.2) is 0 Å². The molecular formula is C19H14N4O4. The number of amides is 3. The molecule has 1 N–H and O–H groups in total. The van der Waals surface area contributed by atoms with Gasteiger partial charge in [0.1, 0.15) is 6.54 Å². The van der Waals surface area contributed by atoms with Crippen LogP contribution in [0.1, 0.15) is 32.2 Å². The Hall–Kier alpha value is -3.81. The first-order chi connectivity index (χ1) is 13.1. The highest BCUT2D eigenvalue weighted by Gasteiger charge is 2.36. The highest BCUT2D eigenvalue weighted by Crippen LogP contribution is 2.22. The van der Waals surface area contributed by atoms with Crippen LogP contribution in [-0.2, 0) is 11.2 Å². The lowest BCUT2D eigenvalue weighted by molar-refractivity contribution is -0.116. The third-order valence-corrected chi connectivity index (χ3v) is 4.09. The van der Waals surface area contributed by atoms with Crippen molar-refractivity contribution in [3.8, 4) is 0 Å². The fourth-order valence-corrected chi connectivity index (χ4v) is 2.83. The molecule has 0 atom stereocenters. The molecule has 3 amide bonds. The molecule has 134 valence electrons. The van der Waals surface area contributed by atoms with Gasteiger partial charge in [-0.05, 0) is 17.7 Å². The highest BCUT2D eigenvalue weighted by atomic mass is 16.4. The standard InChI is InChI=1S/C19H14N4O4/c24-15(11-23-17(25)13-8-4-5-9-14(13)18(23)26)20-19-22-21-16(27-19)10-12-6-2-1-3-7-12/h1-9H,10-11H2,(H,20,22,24). The Balaban J connectivity index is 1.39. The van der Waals surface area contributed by atoms with Crippen molar-refractivity contribution < 1.29 is 18.8 Å². The fraction of sp³-hybridized carbons (Fsp3) is 0.105. The van der Waals surface area contributed by atoms with Gasteiger partial charge in [-0.15, -0.1) is 5.10 Å². The number of nitrogens with one attached hydrogen (secondary N) is 1. The number of fused-ring (bicyclic) bond motifs is 1. The predicted molar refractivity (Wildman–Crippen MR) is 94.0 cm³/mol. The SMILES string of the molecule is O=C(CN1C(=O)c2ccccc2C1=O)Nc1nnc(Cc2ccccc2)o1. The van der Waals surface area contributed by atoms with Gasteiger partial charge in [0.25, 0.3) is 11.8 Å². The van der Waals surface area contributed by atoms with Crippen molar-refractivity contribution in [3.05, 3.63) is 77.2 Å². The second-order valence-corrected chi connectivity index (χ2v) is 5.95. The molecule has 1 aliphatic heterocycles. The smallest absolute Gasteiger partial charge is 0.322 e. The zero-order chi connectivity index (χ0) is 18.8. The van der Waals surface area contributed by atoms with Crippen LogP contribution in [0.15, 0.2) is 59.0 Å². The molecule has 8 nitrogen and oxygen atoms in total. The maximum absolute atomic E-state index is 12.3. The Bertz CT molecular complexity index is 994. The Morgan fingerprint density at radius 3 is 2.22 bits per heavy atom. The molecule has 27 heavy (non-hydrogen) atoms. The summed E-state index contributed by atoms with van der Waals surface area (Å²) in [5.41, 5.74) is 1.57. The summed E-state index contributed by atoms with van der Waals surface area (Å²) in [4.78, 5) is 37.6. The average molecular weight is 362 g/mol. The minimum atomic E-state index is -0.598. The van der Waals surface area contributed by atoms with Gasteiger partial charge in [-0.1, -0.05) is 47.6 Å². The molecular weight excluding hydrogens is 348 g/mol. The summed E-state index contributed by atoms with van der Waals surface area (Å²) in [6.07, 6.45) is 0.433. The molecule has 8 heteroatoms. The van der Waals surface area contributed by atoms with E-state index in [2.05, 4.69) is 15.5 Å². The normalized spacial score (nSPS) is 13.0. The van der Waals surface area contributed by atoms with Crippen LogP contribution in [-0.4, -0.2) is 39.4 Å². The molecule has 0 bridgehead atoms. The summed E-state index contributed by atoms with van der Waals surface area (Å²) in [7, 11) is 0. The largest absolute Gasteiger partial charge is 0.407 e. The molecule has 0 saturated heterocycles. The molecule has 1 aliphatic rings. The van der Waals surface area contributed by atoms with Crippen molar-refractivity contribution in [1.82, 2.24) is 15.1 Å². The molecule has 0 radical (unpaired) electrons. The zero-order valence-corrected chi connectivity index (χ0v) is 14.1. The monoisotopic (exact) mass is 362 g/mol. The van der Waals surface area contributed by atoms with E-state index < -0.39 is 24.3 Å². The summed E-state index contributed by atoms with van der Waals surface area (Å²) in [6, 6.07) is 15.9. The minimum Gasteiger partial charge on any atom is -0.407 e. The van der Waals surface area contributed by atoms with E-state index in [1.54, 1.807) is 24.3 Å². The molecule has 1 aromatic heterocycles. The first kappa shape index (κ1) is 16.6. The molecule has 2 heterocycles. The molecule has 3 aromatic rings. The molecule has 0 saturated carbocycles. The van der Waals surface area contributed by atoms with Crippen molar-refractivity contribution in [2.24, 2.45) is 0 Å². The molecule has 2 aromatic carbocycles. The van der Waals surface area contributed by atoms with Gasteiger partial charge in [-0.3, -0.25) is 24.6 Å². The van der Waals surface area contributed by atoms with Crippen LogP contribution < -0.4 is 5.32 Å². The van der Waals surface area contributed by atoms with Crippen molar-refractivity contribution >= 4 is 23.7 Å². The Morgan fingerprint density at radius 2 is 1.56 bits per heavy atom. The number of hydrogen-bond donors (Lipinski definition) is 1. The second kappa shape index (κ2) is 6.83. The van der Waals surface area contributed by atoms with Crippen molar-refractivity contribution in [3.63, 3.8) is 0 Å². The van der Waals surface area contributed by atoms with E-state index >= 15 is 0 Å². The van der Waals surface area contributed by atoms with Crippen LogP contribution in [0.3, 0.4) is 0 Å². The first-order valence-electron chi connectivity index (χ1n) is 8.23. The average Bonchev–Trinajstić information content (AvgIpc) is 3.21. The maximum Gasteiger partial charge on any atom is 0.322 e. The lowest BCUT2D eigenvalue weighted by atomic mass is 10.1. The maximum atomic E-state index is 12.3. The number of hydrogen-bond acceptors (Lipinski definition) is 6. The third-order valence-electron chi connectivity index (χ3n) is 4.09. The fourth-order valence-electron chi connectivity index (χ4n) is 2.83. The van der Waals surface area contributed by atoms with Gasteiger partial charge < -0.3 is 4.42 Å². The van der Waals surface area contributed by atoms with Crippen molar-refractivity contribution in [1.29, 1.82) is 0 Å². The number of anilines is 1. The highest BCUT2D eigenvalue weighted by molar-refractivity contribution is 6.22. The predicted octanol–water partition coefficient (Wildman–Crippen LogP) is 1.90. The van der Waals surface area contributed by atoms with Crippen LogP contribution in [0.5, 0.6) is 0 Å². The number of imide groups is 1. The minimum absolute atomic E-state index is 0.0810. The van der Waals surface area contributed by atoms with Crippen LogP contribution >= 0.6 is 0 Å². The number of carbonyl (C=O) groups excluding carboxylic acids is 3. The summed E-state index contributed by atoms with van der Waals surface area (Å²) in [5, 5.41) is 10.1. The Morgan fingerprint density at radius 1 is 0.926 bits per heavy atom. The van der Waals surface area contributed by atoms with Gasteiger partial charge >= 0.3 is 6.01 Å². The van der Waals surface area contributed by atoms with E-state index in [1.165, 1.54) is 0 Å². The van der Waals surface area contributed by atoms with E-state index in [1.807, 2.05) is 30.3 Å². The molecule has 4 rings (SSSR count). The van der Waals surface area contributed by atoms with E-state index in [0.29, 0.717) is 23.4 Å². The molecule has 0 aliphatic carbocycles. The van der Waals surface area contributed by atoms with Gasteiger partial charge in [0.15, 0.2) is 0 Å². The summed E-state index contributed by atoms with van der Waals surface area (Å²) >= 11 is 0. The van der Waals surface area contributed by atoms with Gasteiger partial charge in [0.05, 0.1) is 17.5 Å². The van der Waals surface area contributed by atoms with Crippen LogP contribution in [0.4, 0.5) is 6.01 Å².